The molecule has 0 spiro atoms. The molecule has 0 bridgehead atoms. The lowest BCUT2D eigenvalue weighted by atomic mass is 9.83. The summed E-state index contributed by atoms with van der Waals surface area (Å²) in [5.74, 6) is 2.60. The Morgan fingerprint density at radius 1 is 0.684 bits per heavy atom. The van der Waals surface area contributed by atoms with E-state index in [2.05, 4.69) is 16.7 Å². The van der Waals surface area contributed by atoms with Crippen LogP contribution in [0.1, 0.15) is 83.5 Å². The Morgan fingerprint density at radius 2 is 1.28 bits per heavy atom. The number of fused-ring (bicyclic) bond motifs is 4. The number of ether oxygens (including phenoxy) is 7. The largest absolute Gasteiger partial charge is 0.497 e. The van der Waals surface area contributed by atoms with Crippen LogP contribution in [0.15, 0.2) is 48.5 Å². The third-order valence-electron chi connectivity index (χ3n) is 9.72. The highest BCUT2D eigenvalue weighted by Gasteiger charge is 2.38. The van der Waals surface area contributed by atoms with Gasteiger partial charge < -0.3 is 48.7 Å². The molecule has 13 nitrogen and oxygen atoms in total. The molecule has 0 radical (unpaired) electrons. The maximum Gasteiger partial charge on any atom is 0.408 e. The van der Waals surface area contributed by atoms with Crippen LogP contribution in [0.3, 0.4) is 0 Å². The van der Waals surface area contributed by atoms with Crippen LogP contribution in [0.2, 0.25) is 0 Å². The van der Waals surface area contributed by atoms with Crippen molar-refractivity contribution < 1.29 is 47.5 Å². The van der Waals surface area contributed by atoms with Gasteiger partial charge in [-0.2, -0.15) is 0 Å². The fraction of sp³-hybridized carbons (Fsp3) is 0.477. The molecule has 0 aromatic heterocycles. The summed E-state index contributed by atoms with van der Waals surface area (Å²) in [6, 6.07) is 14.2. The molecule has 0 saturated heterocycles. The highest BCUT2D eigenvalue weighted by Crippen LogP contribution is 2.47. The minimum absolute atomic E-state index is 0.283. The second-order valence-electron chi connectivity index (χ2n) is 16.0. The van der Waals surface area contributed by atoms with Crippen molar-refractivity contribution in [1.29, 1.82) is 0 Å². The number of amides is 3. The second-order valence-corrected chi connectivity index (χ2v) is 16.0. The monoisotopic (exact) mass is 787 g/mol. The number of methoxy groups -OCH3 is 5. The standard InChI is InChI=1S/C44H57N3O10/c1-43(2,3)56-41(49)45-18-13-12-14-34(46-42(50)57-44(4,5)6)40(48)47-19-17-27-21-35(52-8)36(53-9)23-30(27)39(47)33-20-26-15-16-28(51-7)22-29(26)31-24-37(54-10)38(55-11)25-32(31)33/h15-16,20-25,34,39H,12-14,17-19H2,1-11H3,(H,45,49)(H,46,50)/t34-,39?/m1/s1. The summed E-state index contributed by atoms with van der Waals surface area (Å²) in [5.41, 5.74) is 1.27. The average molecular weight is 788 g/mol. The van der Waals surface area contributed by atoms with E-state index in [1.165, 1.54) is 0 Å². The Balaban J connectivity index is 1.65. The highest BCUT2D eigenvalue weighted by molar-refractivity contribution is 6.11. The number of carbonyl (C=O) groups excluding carboxylic acids is 3. The van der Waals surface area contributed by atoms with Crippen molar-refractivity contribution >= 4 is 39.6 Å². The number of hydrogen-bond acceptors (Lipinski definition) is 10. The molecule has 1 unspecified atom stereocenters. The van der Waals surface area contributed by atoms with Gasteiger partial charge in [-0.15, -0.1) is 0 Å². The van der Waals surface area contributed by atoms with Gasteiger partial charge >= 0.3 is 12.2 Å². The van der Waals surface area contributed by atoms with E-state index in [-0.39, 0.29) is 5.91 Å². The van der Waals surface area contributed by atoms with Crippen molar-refractivity contribution in [3.63, 3.8) is 0 Å². The van der Waals surface area contributed by atoms with E-state index < -0.39 is 35.5 Å². The van der Waals surface area contributed by atoms with E-state index in [1.54, 1.807) is 77.1 Å². The third-order valence-corrected chi connectivity index (χ3v) is 9.72. The smallest absolute Gasteiger partial charge is 0.408 e. The molecular formula is C44H57N3O10. The van der Waals surface area contributed by atoms with Crippen LogP contribution < -0.4 is 34.3 Å². The van der Waals surface area contributed by atoms with E-state index in [4.69, 9.17) is 33.2 Å². The van der Waals surface area contributed by atoms with Crippen LogP contribution in [0.4, 0.5) is 9.59 Å². The zero-order valence-corrected chi connectivity index (χ0v) is 35.0. The Labute approximate surface area is 335 Å². The van der Waals surface area contributed by atoms with E-state index in [9.17, 15) is 9.59 Å². The maximum absolute atomic E-state index is 15.2. The van der Waals surface area contributed by atoms with Gasteiger partial charge in [0.2, 0.25) is 5.91 Å². The molecule has 4 aromatic carbocycles. The van der Waals surface area contributed by atoms with Crippen molar-refractivity contribution in [3.8, 4) is 28.7 Å². The Bertz CT molecular complexity index is 2100. The molecule has 13 heteroatoms. The first-order valence-corrected chi connectivity index (χ1v) is 19.2. The minimum atomic E-state index is -0.948. The van der Waals surface area contributed by atoms with Crippen molar-refractivity contribution in [2.45, 2.75) is 90.5 Å². The minimum Gasteiger partial charge on any atom is -0.497 e. The number of benzene rings is 4. The van der Waals surface area contributed by atoms with E-state index >= 15 is 4.79 Å². The van der Waals surface area contributed by atoms with Gasteiger partial charge in [-0.05, 0) is 148 Å². The predicted octanol–water partition coefficient (Wildman–Crippen LogP) is 8.10. The fourth-order valence-electron chi connectivity index (χ4n) is 7.24. The average Bonchev–Trinajstić information content (AvgIpc) is 3.16. The number of hydrogen-bond donors (Lipinski definition) is 2. The zero-order chi connectivity index (χ0) is 41.7. The van der Waals surface area contributed by atoms with Crippen LogP contribution in [0.25, 0.3) is 21.5 Å². The quantitative estimate of drug-likeness (QED) is 0.101. The maximum atomic E-state index is 15.2. The summed E-state index contributed by atoms with van der Waals surface area (Å²) >= 11 is 0. The second kappa shape index (κ2) is 17.7. The van der Waals surface area contributed by atoms with Crippen LogP contribution >= 0.6 is 0 Å². The van der Waals surface area contributed by atoms with E-state index in [0.717, 1.165) is 38.2 Å². The summed E-state index contributed by atoms with van der Waals surface area (Å²) in [6.45, 7) is 11.4. The lowest BCUT2D eigenvalue weighted by molar-refractivity contribution is -0.135. The van der Waals surface area contributed by atoms with Gasteiger partial charge in [-0.25, -0.2) is 9.59 Å². The van der Waals surface area contributed by atoms with Crippen LogP contribution in [-0.2, 0) is 20.7 Å². The normalized spacial score (nSPS) is 14.6. The molecule has 308 valence electrons. The summed E-state index contributed by atoms with van der Waals surface area (Å²) in [6.07, 6.45) is 0.660. The number of nitrogens with one attached hydrogen (secondary N) is 2. The lowest BCUT2D eigenvalue weighted by Gasteiger charge is -2.40. The zero-order valence-electron chi connectivity index (χ0n) is 35.0. The fourth-order valence-corrected chi connectivity index (χ4v) is 7.24. The molecular weight excluding hydrogens is 730 g/mol. The van der Waals surface area contributed by atoms with Crippen molar-refractivity contribution in [2.24, 2.45) is 0 Å². The van der Waals surface area contributed by atoms with Gasteiger partial charge in [0.05, 0.1) is 41.6 Å². The molecule has 3 amide bonds. The molecule has 57 heavy (non-hydrogen) atoms. The van der Waals surface area contributed by atoms with Crippen molar-refractivity contribution in [2.75, 3.05) is 48.6 Å². The summed E-state index contributed by atoms with van der Waals surface area (Å²) in [5, 5.41) is 9.23. The number of rotatable bonds is 13. The van der Waals surface area contributed by atoms with Gasteiger partial charge in [-0.3, -0.25) is 4.79 Å². The SMILES string of the molecule is COc1ccc2cc(C3c4cc(OC)c(OC)cc4CCN3C(=O)[C@@H](CCCCNC(=O)OC(C)(C)C)NC(=O)OC(C)(C)C)c3cc(OC)c(OC)cc3c2c1. The molecule has 5 rings (SSSR count). The van der Waals surface area contributed by atoms with E-state index in [1.807, 2.05) is 47.4 Å². The molecule has 2 N–H and O–H groups in total. The molecule has 0 fully saturated rings. The summed E-state index contributed by atoms with van der Waals surface area (Å²) in [4.78, 5) is 42.6. The topological polar surface area (TPSA) is 143 Å². The van der Waals surface area contributed by atoms with Gasteiger partial charge in [0, 0.05) is 13.1 Å². The molecule has 2 atom stereocenters. The Kier molecular flexibility index (Phi) is 13.2. The first-order valence-electron chi connectivity index (χ1n) is 19.2. The number of carbonyl (C=O) groups is 3. The Hall–Kier alpha value is -5.59. The number of nitrogens with zero attached hydrogens (tertiary/aromatic N) is 1. The van der Waals surface area contributed by atoms with Crippen molar-refractivity contribution in [3.05, 3.63) is 65.2 Å². The van der Waals surface area contributed by atoms with E-state index in [0.29, 0.717) is 67.5 Å². The summed E-state index contributed by atoms with van der Waals surface area (Å²) in [7, 11) is 8.00. The van der Waals surface area contributed by atoms with Gasteiger partial charge in [0.25, 0.3) is 0 Å². The predicted molar refractivity (Wildman–Crippen MR) is 219 cm³/mol. The van der Waals surface area contributed by atoms with Gasteiger partial charge in [0.1, 0.15) is 23.0 Å². The first-order chi connectivity index (χ1) is 27.0. The van der Waals surface area contributed by atoms with Crippen LogP contribution in [0, 0.1) is 0 Å². The van der Waals surface area contributed by atoms with Crippen LogP contribution in [-0.4, -0.2) is 88.9 Å². The lowest BCUT2D eigenvalue weighted by Crippen LogP contribution is -2.52. The third kappa shape index (κ3) is 10.1. The molecule has 0 saturated carbocycles. The highest BCUT2D eigenvalue weighted by atomic mass is 16.6. The van der Waals surface area contributed by atoms with Crippen molar-refractivity contribution in [1.82, 2.24) is 15.5 Å². The molecule has 1 heterocycles. The first kappa shape index (κ1) is 42.6. The number of unbranched alkanes of at least 4 members (excludes halogenated alkanes) is 1. The van der Waals surface area contributed by atoms with Gasteiger partial charge in [0.15, 0.2) is 23.0 Å². The Morgan fingerprint density at radius 3 is 1.89 bits per heavy atom. The van der Waals surface area contributed by atoms with Crippen LogP contribution in [0.5, 0.6) is 28.7 Å². The molecule has 1 aliphatic heterocycles. The molecule has 1 aliphatic rings. The van der Waals surface area contributed by atoms with Gasteiger partial charge in [-0.1, -0.05) is 6.07 Å². The molecule has 0 aliphatic carbocycles. The number of alkyl carbamates (subject to hydrolysis) is 2. The summed E-state index contributed by atoms with van der Waals surface area (Å²) < 4.78 is 39.7. The molecule has 4 aromatic rings.